The van der Waals surface area contributed by atoms with Crippen LogP contribution in [0.5, 0.6) is 0 Å². The third-order valence-corrected chi connectivity index (χ3v) is 6.36. The van der Waals surface area contributed by atoms with Gasteiger partial charge in [0, 0.05) is 36.0 Å². The second kappa shape index (κ2) is 11.9. The zero-order chi connectivity index (χ0) is 23.8. The number of likely N-dealkylation sites (N-methyl/N-ethyl adjacent to an activating group) is 1. The van der Waals surface area contributed by atoms with E-state index in [9.17, 15) is 9.59 Å². The Morgan fingerprint density at radius 2 is 1.48 bits per heavy atom. The number of halogens is 2. The number of carbonyl (C=O) groups excluding carboxylic acids is 2. The van der Waals surface area contributed by atoms with Crippen molar-refractivity contribution in [1.82, 2.24) is 10.2 Å². The molecule has 0 unspecified atom stereocenters. The summed E-state index contributed by atoms with van der Waals surface area (Å²) in [6.07, 6.45) is 0.713. The molecule has 4 nitrogen and oxygen atoms in total. The van der Waals surface area contributed by atoms with Crippen LogP contribution in [-0.2, 0) is 16.1 Å². The monoisotopic (exact) mass is 482 g/mol. The summed E-state index contributed by atoms with van der Waals surface area (Å²) in [5.74, 6) is -0.452. The fourth-order valence-electron chi connectivity index (χ4n) is 4.01. The van der Waals surface area contributed by atoms with Crippen LogP contribution in [0.15, 0.2) is 78.9 Å². The van der Waals surface area contributed by atoms with Crippen LogP contribution < -0.4 is 5.32 Å². The number of nitrogens with one attached hydrogen (secondary N) is 1. The predicted octanol–water partition coefficient (Wildman–Crippen LogP) is 6.07. The van der Waals surface area contributed by atoms with Gasteiger partial charge in [-0.15, -0.1) is 0 Å². The number of hydrogen-bond acceptors (Lipinski definition) is 2. The number of hydrogen-bond donors (Lipinski definition) is 1. The van der Waals surface area contributed by atoms with Gasteiger partial charge in [0.1, 0.15) is 6.04 Å². The summed E-state index contributed by atoms with van der Waals surface area (Å²) >= 11 is 12.5. The van der Waals surface area contributed by atoms with Crippen molar-refractivity contribution in [2.24, 2.45) is 0 Å². The van der Waals surface area contributed by atoms with E-state index in [1.807, 2.05) is 67.6 Å². The summed E-state index contributed by atoms with van der Waals surface area (Å²) in [5, 5.41) is 3.68. The van der Waals surface area contributed by atoms with Crippen LogP contribution in [0.2, 0.25) is 10.0 Å². The maximum absolute atomic E-state index is 13.8. The smallest absolute Gasteiger partial charge is 0.242 e. The molecule has 0 aliphatic carbocycles. The van der Waals surface area contributed by atoms with Crippen molar-refractivity contribution in [1.29, 1.82) is 0 Å². The fraction of sp³-hybridized carbons (Fsp3) is 0.259. The molecule has 0 aliphatic rings. The summed E-state index contributed by atoms with van der Waals surface area (Å²) in [7, 11) is 1.58. The molecule has 0 heterocycles. The lowest BCUT2D eigenvalue weighted by atomic mass is 9.88. The molecule has 0 saturated heterocycles. The van der Waals surface area contributed by atoms with E-state index in [2.05, 4.69) is 5.32 Å². The van der Waals surface area contributed by atoms with Crippen LogP contribution >= 0.6 is 23.2 Å². The van der Waals surface area contributed by atoms with Gasteiger partial charge in [-0.3, -0.25) is 9.59 Å². The largest absolute Gasteiger partial charge is 0.357 e. The summed E-state index contributed by atoms with van der Waals surface area (Å²) in [4.78, 5) is 28.1. The molecule has 1 atom stereocenters. The van der Waals surface area contributed by atoms with Crippen LogP contribution in [0, 0.1) is 0 Å². The van der Waals surface area contributed by atoms with Crippen LogP contribution in [0.1, 0.15) is 42.4 Å². The van der Waals surface area contributed by atoms with Crippen molar-refractivity contribution in [2.75, 3.05) is 7.05 Å². The lowest BCUT2D eigenvalue weighted by Crippen LogP contribution is -2.48. The van der Waals surface area contributed by atoms with Crippen molar-refractivity contribution >= 4 is 35.0 Å². The summed E-state index contributed by atoms with van der Waals surface area (Å²) in [6, 6.07) is 24.5. The van der Waals surface area contributed by atoms with E-state index in [0.29, 0.717) is 16.5 Å². The zero-order valence-electron chi connectivity index (χ0n) is 18.8. The Morgan fingerprint density at radius 3 is 1.97 bits per heavy atom. The van der Waals surface area contributed by atoms with Gasteiger partial charge in [-0.1, -0.05) is 96.9 Å². The molecule has 0 bridgehead atoms. The number of nitrogens with zero attached hydrogens (tertiary/aromatic N) is 1. The van der Waals surface area contributed by atoms with Crippen molar-refractivity contribution < 1.29 is 9.59 Å². The molecule has 0 aliphatic heterocycles. The number of benzene rings is 3. The Kier molecular flexibility index (Phi) is 8.93. The quantitative estimate of drug-likeness (QED) is 0.402. The van der Waals surface area contributed by atoms with Crippen molar-refractivity contribution in [3.05, 3.63) is 106 Å². The van der Waals surface area contributed by atoms with E-state index < -0.39 is 6.04 Å². The molecule has 1 N–H and O–H groups in total. The topological polar surface area (TPSA) is 49.4 Å². The summed E-state index contributed by atoms with van der Waals surface area (Å²) < 4.78 is 0. The molecule has 3 rings (SSSR count). The second-order valence-electron chi connectivity index (χ2n) is 7.87. The third-order valence-electron chi connectivity index (χ3n) is 5.77. The number of amides is 2. The molecule has 6 heteroatoms. The minimum atomic E-state index is -0.610. The SMILES string of the molecule is CC[C@@H](C(=O)NC)N(Cc1ccc(Cl)cc1Cl)C(=O)CC(c1ccccc1)c1ccccc1. The molecule has 172 valence electrons. The number of carbonyl (C=O) groups is 2. The normalized spacial score (nSPS) is 11.8. The second-order valence-corrected chi connectivity index (χ2v) is 8.72. The Balaban J connectivity index is 1.97. The van der Waals surface area contributed by atoms with Gasteiger partial charge in [0.2, 0.25) is 11.8 Å². The highest BCUT2D eigenvalue weighted by molar-refractivity contribution is 6.35. The van der Waals surface area contributed by atoms with Gasteiger partial charge >= 0.3 is 0 Å². The Hall–Kier alpha value is -2.82. The predicted molar refractivity (Wildman–Crippen MR) is 135 cm³/mol. The lowest BCUT2D eigenvalue weighted by molar-refractivity contribution is -0.141. The first kappa shape index (κ1) is 24.8. The standard InChI is InChI=1S/C27H28Cl2N2O2/c1-3-25(27(33)30-2)31(18-21-14-15-22(28)16-24(21)29)26(32)17-23(19-10-6-4-7-11-19)20-12-8-5-9-13-20/h4-16,23,25H,3,17-18H2,1-2H3,(H,30,33)/t25-/m0/s1. The molecule has 0 fully saturated rings. The summed E-state index contributed by atoms with van der Waals surface area (Å²) in [5.41, 5.74) is 2.84. The molecule has 0 saturated carbocycles. The van der Waals surface area contributed by atoms with E-state index in [0.717, 1.165) is 16.7 Å². The average Bonchev–Trinajstić information content (AvgIpc) is 2.84. The first-order valence-electron chi connectivity index (χ1n) is 11.0. The molecule has 33 heavy (non-hydrogen) atoms. The lowest BCUT2D eigenvalue weighted by Gasteiger charge is -2.32. The Labute approximate surface area is 205 Å². The van der Waals surface area contributed by atoms with E-state index >= 15 is 0 Å². The van der Waals surface area contributed by atoms with Gasteiger partial charge in [0.05, 0.1) is 0 Å². The van der Waals surface area contributed by atoms with Crippen LogP contribution in [0.3, 0.4) is 0 Å². The highest BCUT2D eigenvalue weighted by Gasteiger charge is 2.30. The fourth-order valence-corrected chi connectivity index (χ4v) is 4.48. The minimum absolute atomic E-state index is 0.117. The summed E-state index contributed by atoms with van der Waals surface area (Å²) in [6.45, 7) is 2.12. The van der Waals surface area contributed by atoms with E-state index in [4.69, 9.17) is 23.2 Å². The maximum Gasteiger partial charge on any atom is 0.242 e. The molecule has 0 spiro atoms. The van der Waals surface area contributed by atoms with Crippen molar-refractivity contribution in [3.8, 4) is 0 Å². The molecule has 3 aromatic rings. The highest BCUT2D eigenvalue weighted by atomic mass is 35.5. The van der Waals surface area contributed by atoms with Crippen molar-refractivity contribution in [3.63, 3.8) is 0 Å². The Morgan fingerprint density at radius 1 is 0.909 bits per heavy atom. The number of rotatable bonds is 9. The Bertz CT molecular complexity index is 1030. The molecular formula is C27H28Cl2N2O2. The van der Waals surface area contributed by atoms with Gasteiger partial charge < -0.3 is 10.2 Å². The van der Waals surface area contributed by atoms with E-state index in [1.165, 1.54) is 0 Å². The van der Waals surface area contributed by atoms with E-state index in [-0.39, 0.29) is 30.7 Å². The highest BCUT2D eigenvalue weighted by Crippen LogP contribution is 2.30. The molecule has 0 aromatic heterocycles. The first-order chi connectivity index (χ1) is 15.9. The third kappa shape index (κ3) is 6.37. The molecule has 2 amide bonds. The van der Waals surface area contributed by atoms with Gasteiger partial charge in [0.15, 0.2) is 0 Å². The van der Waals surface area contributed by atoms with Crippen LogP contribution in [0.25, 0.3) is 0 Å². The van der Waals surface area contributed by atoms with Gasteiger partial charge in [0.25, 0.3) is 0 Å². The van der Waals surface area contributed by atoms with Gasteiger partial charge in [-0.2, -0.15) is 0 Å². The van der Waals surface area contributed by atoms with Crippen molar-refractivity contribution in [2.45, 2.75) is 38.3 Å². The zero-order valence-corrected chi connectivity index (χ0v) is 20.3. The minimum Gasteiger partial charge on any atom is -0.357 e. The first-order valence-corrected chi connectivity index (χ1v) is 11.7. The maximum atomic E-state index is 13.8. The van der Waals surface area contributed by atoms with E-state index in [1.54, 1.807) is 30.1 Å². The van der Waals surface area contributed by atoms with Crippen LogP contribution in [0.4, 0.5) is 0 Å². The average molecular weight is 483 g/mol. The van der Waals surface area contributed by atoms with Crippen LogP contribution in [-0.4, -0.2) is 29.8 Å². The molecule has 3 aromatic carbocycles. The van der Waals surface area contributed by atoms with Gasteiger partial charge in [-0.25, -0.2) is 0 Å². The van der Waals surface area contributed by atoms with Gasteiger partial charge in [-0.05, 0) is 35.2 Å². The molecule has 0 radical (unpaired) electrons. The molecular weight excluding hydrogens is 455 g/mol.